The Morgan fingerprint density at radius 2 is 1.81 bits per heavy atom. The molecule has 0 aliphatic carbocycles. The highest BCUT2D eigenvalue weighted by Crippen LogP contribution is 2.31. The van der Waals surface area contributed by atoms with Gasteiger partial charge in [0.1, 0.15) is 5.75 Å². The van der Waals surface area contributed by atoms with Crippen molar-refractivity contribution in [3.8, 4) is 29.0 Å². The molecule has 11 heteroatoms. The third kappa shape index (κ3) is 4.89. The highest BCUT2D eigenvalue weighted by molar-refractivity contribution is 5.60. The fraction of sp³-hybridized carbons (Fsp3) is 0.100. The lowest BCUT2D eigenvalue weighted by molar-refractivity contribution is -0.137. The van der Waals surface area contributed by atoms with Crippen LogP contribution in [0.25, 0.3) is 11.4 Å². The molecule has 158 valence electrons. The Morgan fingerprint density at radius 1 is 1.00 bits per heavy atom. The van der Waals surface area contributed by atoms with E-state index < -0.39 is 11.7 Å². The summed E-state index contributed by atoms with van der Waals surface area (Å²) in [6.45, 7) is 0. The normalized spacial score (nSPS) is 11.2. The first-order valence-corrected chi connectivity index (χ1v) is 8.93. The summed E-state index contributed by atoms with van der Waals surface area (Å²) < 4.78 is 49.2. The molecule has 4 aromatic rings. The van der Waals surface area contributed by atoms with Crippen molar-refractivity contribution in [3.05, 3.63) is 66.4 Å². The number of aromatic amines is 1. The number of methoxy groups -OCH3 is 1. The van der Waals surface area contributed by atoms with E-state index in [0.29, 0.717) is 23.0 Å². The number of halogens is 3. The van der Waals surface area contributed by atoms with Crippen molar-refractivity contribution in [2.24, 2.45) is 0 Å². The van der Waals surface area contributed by atoms with Crippen molar-refractivity contribution in [2.75, 3.05) is 12.4 Å². The molecule has 8 nitrogen and oxygen atoms in total. The number of hydrogen-bond donors (Lipinski definition) is 2. The summed E-state index contributed by atoms with van der Waals surface area (Å²) in [6.07, 6.45) is -2.91. The molecule has 4 rings (SSSR count). The second-order valence-corrected chi connectivity index (χ2v) is 6.22. The van der Waals surface area contributed by atoms with Gasteiger partial charge in [0.05, 0.1) is 12.7 Å². The molecule has 0 atom stereocenters. The lowest BCUT2D eigenvalue weighted by Crippen LogP contribution is -2.05. The van der Waals surface area contributed by atoms with E-state index >= 15 is 0 Å². The lowest BCUT2D eigenvalue weighted by atomic mass is 10.2. The quantitative estimate of drug-likeness (QED) is 0.454. The average Bonchev–Trinajstić information content (AvgIpc) is 3.22. The van der Waals surface area contributed by atoms with Crippen molar-refractivity contribution in [3.63, 3.8) is 0 Å². The number of H-pyrrole nitrogens is 1. The molecule has 0 amide bonds. The van der Waals surface area contributed by atoms with Crippen molar-refractivity contribution in [1.82, 2.24) is 25.1 Å². The fourth-order valence-electron chi connectivity index (χ4n) is 2.63. The van der Waals surface area contributed by atoms with Crippen LogP contribution in [0.1, 0.15) is 5.56 Å². The van der Waals surface area contributed by atoms with Gasteiger partial charge in [-0.1, -0.05) is 6.07 Å². The maximum absolute atomic E-state index is 12.9. The van der Waals surface area contributed by atoms with E-state index in [1.165, 1.54) is 25.4 Å². The SMILES string of the molecule is COc1nccc(Oc2ccc(-c3nc(Nc4cccc(C(F)(F)F)c4)n[nH]3)cc2)n1. The maximum Gasteiger partial charge on any atom is 0.416 e. The zero-order chi connectivity index (χ0) is 21.8. The van der Waals surface area contributed by atoms with Crippen LogP contribution in [0.4, 0.5) is 24.8 Å². The first kappa shape index (κ1) is 20.1. The van der Waals surface area contributed by atoms with Gasteiger partial charge in [-0.05, 0) is 42.5 Å². The van der Waals surface area contributed by atoms with Crippen molar-refractivity contribution in [2.45, 2.75) is 6.18 Å². The summed E-state index contributed by atoms with van der Waals surface area (Å²) in [4.78, 5) is 12.2. The van der Waals surface area contributed by atoms with Crippen LogP contribution in [-0.2, 0) is 6.18 Å². The lowest BCUT2D eigenvalue weighted by Gasteiger charge is -2.08. The van der Waals surface area contributed by atoms with E-state index in [2.05, 4.69) is 30.5 Å². The van der Waals surface area contributed by atoms with E-state index in [9.17, 15) is 13.2 Å². The van der Waals surface area contributed by atoms with Gasteiger partial charge in [-0.15, -0.1) is 5.10 Å². The van der Waals surface area contributed by atoms with E-state index in [1.807, 2.05) is 0 Å². The molecule has 0 bridgehead atoms. The molecule has 0 radical (unpaired) electrons. The van der Waals surface area contributed by atoms with E-state index in [-0.39, 0.29) is 17.6 Å². The Hall–Kier alpha value is -4.15. The zero-order valence-corrected chi connectivity index (χ0v) is 16.0. The van der Waals surface area contributed by atoms with Gasteiger partial charge in [-0.3, -0.25) is 5.10 Å². The maximum atomic E-state index is 12.9. The number of nitrogens with one attached hydrogen (secondary N) is 2. The predicted octanol–water partition coefficient (Wildman–Crippen LogP) is 4.83. The van der Waals surface area contributed by atoms with Gasteiger partial charge in [0.2, 0.25) is 11.8 Å². The minimum atomic E-state index is -4.43. The molecule has 0 aliphatic rings. The molecule has 2 aromatic heterocycles. The van der Waals surface area contributed by atoms with Gasteiger partial charge in [0, 0.05) is 23.5 Å². The molecule has 0 spiro atoms. The van der Waals surface area contributed by atoms with Crippen LogP contribution in [0.15, 0.2) is 60.8 Å². The smallest absolute Gasteiger partial charge is 0.416 e. The highest BCUT2D eigenvalue weighted by atomic mass is 19.4. The average molecular weight is 428 g/mol. The summed E-state index contributed by atoms with van der Waals surface area (Å²) in [5.41, 5.74) is 0.173. The number of aromatic nitrogens is 5. The summed E-state index contributed by atoms with van der Waals surface area (Å²) in [5, 5.41) is 9.50. The van der Waals surface area contributed by atoms with Crippen LogP contribution in [-0.4, -0.2) is 32.3 Å². The molecular weight excluding hydrogens is 413 g/mol. The number of nitrogens with zero attached hydrogens (tertiary/aromatic N) is 4. The van der Waals surface area contributed by atoms with Gasteiger partial charge in [0.15, 0.2) is 5.82 Å². The van der Waals surface area contributed by atoms with Gasteiger partial charge in [-0.2, -0.15) is 23.1 Å². The standard InChI is InChI=1S/C20H15F3N6O2/c1-30-19-24-10-9-16(26-19)31-15-7-5-12(6-8-15)17-27-18(29-28-17)25-14-4-2-3-13(11-14)20(21,22)23/h2-11H,1H3,(H2,25,27,28,29). The third-order valence-electron chi connectivity index (χ3n) is 4.07. The topological polar surface area (TPSA) is 97.8 Å². The largest absolute Gasteiger partial charge is 0.467 e. The Bertz CT molecular complexity index is 1180. The van der Waals surface area contributed by atoms with Crippen molar-refractivity contribution < 1.29 is 22.6 Å². The number of ether oxygens (including phenoxy) is 2. The predicted molar refractivity (Wildman–Crippen MR) is 105 cm³/mol. The number of anilines is 2. The van der Waals surface area contributed by atoms with Crippen molar-refractivity contribution >= 4 is 11.6 Å². The van der Waals surface area contributed by atoms with Gasteiger partial charge < -0.3 is 14.8 Å². The fourth-order valence-corrected chi connectivity index (χ4v) is 2.63. The van der Waals surface area contributed by atoms with E-state index in [0.717, 1.165) is 12.1 Å². The number of rotatable bonds is 6. The molecule has 2 N–H and O–H groups in total. The van der Waals surface area contributed by atoms with Crippen LogP contribution in [0, 0.1) is 0 Å². The molecule has 31 heavy (non-hydrogen) atoms. The molecule has 0 unspecified atom stereocenters. The molecule has 0 fully saturated rings. The second kappa shape index (κ2) is 8.30. The highest BCUT2D eigenvalue weighted by Gasteiger charge is 2.30. The van der Waals surface area contributed by atoms with Crippen LogP contribution in [0.3, 0.4) is 0 Å². The van der Waals surface area contributed by atoms with Crippen LogP contribution >= 0.6 is 0 Å². The van der Waals surface area contributed by atoms with Gasteiger partial charge >= 0.3 is 12.2 Å². The van der Waals surface area contributed by atoms with Crippen LogP contribution < -0.4 is 14.8 Å². The third-order valence-corrected chi connectivity index (χ3v) is 4.07. The second-order valence-electron chi connectivity index (χ2n) is 6.22. The monoisotopic (exact) mass is 428 g/mol. The molecule has 2 heterocycles. The molecule has 2 aromatic carbocycles. The zero-order valence-electron chi connectivity index (χ0n) is 16.0. The molecule has 0 saturated carbocycles. The molecule has 0 saturated heterocycles. The Balaban J connectivity index is 1.45. The molecule has 0 aliphatic heterocycles. The first-order valence-electron chi connectivity index (χ1n) is 8.93. The van der Waals surface area contributed by atoms with Crippen LogP contribution in [0.5, 0.6) is 17.6 Å². The minimum Gasteiger partial charge on any atom is -0.467 e. The number of alkyl halides is 3. The Morgan fingerprint density at radius 3 is 2.55 bits per heavy atom. The van der Waals surface area contributed by atoms with E-state index in [1.54, 1.807) is 30.3 Å². The number of hydrogen-bond acceptors (Lipinski definition) is 7. The Kier molecular flexibility index (Phi) is 5.39. The summed E-state index contributed by atoms with van der Waals surface area (Å²) in [6, 6.07) is 13.5. The van der Waals surface area contributed by atoms with Crippen molar-refractivity contribution in [1.29, 1.82) is 0 Å². The Labute approximate surface area is 174 Å². The van der Waals surface area contributed by atoms with Gasteiger partial charge in [-0.25, -0.2) is 4.98 Å². The van der Waals surface area contributed by atoms with E-state index in [4.69, 9.17) is 9.47 Å². The number of benzene rings is 2. The van der Waals surface area contributed by atoms with Crippen LogP contribution in [0.2, 0.25) is 0 Å². The summed E-state index contributed by atoms with van der Waals surface area (Å²) in [5.74, 6) is 1.44. The first-order chi connectivity index (χ1) is 14.9. The summed E-state index contributed by atoms with van der Waals surface area (Å²) >= 11 is 0. The minimum absolute atomic E-state index is 0.141. The van der Waals surface area contributed by atoms with Gasteiger partial charge in [0.25, 0.3) is 0 Å². The summed E-state index contributed by atoms with van der Waals surface area (Å²) in [7, 11) is 1.46. The molecular formula is C20H15F3N6O2.